The summed E-state index contributed by atoms with van der Waals surface area (Å²) in [6.45, 7) is 3.78. The molecule has 53 heavy (non-hydrogen) atoms. The molecular weight excluding hydrogens is 799 g/mol. The van der Waals surface area contributed by atoms with E-state index in [2.05, 4.69) is 15.9 Å². The number of phenols is 1. The van der Waals surface area contributed by atoms with E-state index >= 15 is 4.79 Å². The predicted octanol–water partition coefficient (Wildman–Crippen LogP) is 8.82. The smallest absolute Gasteiger partial charge is 0.242 e. The SMILES string of the molecule is Cc1c(-c2cc(N3C(=O)[C@@H]4C[C@@H]5C(=CC[C@@H]6C(=O)N(c7ccc(Br)cc7)C(=O)[C@@H]65)[C@H](c5cc(Cl)ccc5O)[C@]4(C)C3=O)n(C)n2)sc2ccc(Cl)cc12. The van der Waals surface area contributed by atoms with Gasteiger partial charge in [0.1, 0.15) is 17.3 Å². The van der Waals surface area contributed by atoms with Crippen LogP contribution >= 0.6 is 50.5 Å². The first-order valence-corrected chi connectivity index (χ1v) is 19.6. The van der Waals surface area contributed by atoms with Gasteiger partial charge in [0.25, 0.3) is 0 Å². The van der Waals surface area contributed by atoms with E-state index in [-0.39, 0.29) is 30.4 Å². The Morgan fingerprint density at radius 3 is 2.38 bits per heavy atom. The molecule has 268 valence electrons. The zero-order valence-corrected chi connectivity index (χ0v) is 32.6. The number of fused-ring (bicyclic) bond motifs is 5. The number of aromatic hydroxyl groups is 1. The Hall–Kier alpha value is -4.29. The molecule has 0 bridgehead atoms. The second-order valence-corrected chi connectivity index (χ2v) is 17.4. The van der Waals surface area contributed by atoms with E-state index in [1.165, 1.54) is 15.9 Å². The molecule has 2 saturated heterocycles. The topological polar surface area (TPSA) is 113 Å². The molecule has 2 aliphatic carbocycles. The molecule has 3 fully saturated rings. The third-order valence-electron chi connectivity index (χ3n) is 11.9. The summed E-state index contributed by atoms with van der Waals surface area (Å²) in [4.78, 5) is 61.6. The van der Waals surface area contributed by atoms with Crippen molar-refractivity contribution in [2.24, 2.45) is 36.1 Å². The molecule has 5 aromatic rings. The summed E-state index contributed by atoms with van der Waals surface area (Å²) in [6, 6.07) is 19.2. The number of thiophene rings is 1. The molecule has 4 aliphatic rings. The van der Waals surface area contributed by atoms with E-state index in [9.17, 15) is 19.5 Å². The number of phenolic OH excluding ortho intramolecular Hbond substituents is 1. The van der Waals surface area contributed by atoms with Gasteiger partial charge in [0.05, 0.1) is 33.7 Å². The Labute approximate surface area is 326 Å². The largest absolute Gasteiger partial charge is 0.508 e. The lowest BCUT2D eigenvalue weighted by atomic mass is 9.51. The van der Waals surface area contributed by atoms with Crippen molar-refractivity contribution in [1.82, 2.24) is 9.78 Å². The molecular formula is C40H31BrCl2N4O5S. The van der Waals surface area contributed by atoms with Gasteiger partial charge in [0.15, 0.2) is 0 Å². The summed E-state index contributed by atoms with van der Waals surface area (Å²) in [5.41, 5.74) is 1.88. The van der Waals surface area contributed by atoms with Crippen molar-refractivity contribution in [3.63, 3.8) is 0 Å². The van der Waals surface area contributed by atoms with Gasteiger partial charge in [-0.2, -0.15) is 5.10 Å². The Morgan fingerprint density at radius 2 is 1.62 bits per heavy atom. The molecule has 4 heterocycles. The number of imide groups is 2. The van der Waals surface area contributed by atoms with Crippen molar-refractivity contribution >= 4 is 95.7 Å². The summed E-state index contributed by atoms with van der Waals surface area (Å²) >= 11 is 17.8. The number of amides is 4. The molecule has 4 amide bonds. The van der Waals surface area contributed by atoms with Crippen LogP contribution in [-0.4, -0.2) is 38.5 Å². The van der Waals surface area contributed by atoms with Gasteiger partial charge in [-0.3, -0.25) is 28.8 Å². The Morgan fingerprint density at radius 1 is 0.906 bits per heavy atom. The van der Waals surface area contributed by atoms with Crippen LogP contribution in [0.2, 0.25) is 10.0 Å². The molecule has 0 radical (unpaired) electrons. The van der Waals surface area contributed by atoms with Crippen molar-refractivity contribution in [3.8, 4) is 16.3 Å². The van der Waals surface area contributed by atoms with Crippen molar-refractivity contribution in [1.29, 1.82) is 0 Å². The van der Waals surface area contributed by atoms with Crippen LogP contribution in [0.3, 0.4) is 0 Å². The molecule has 6 atom stereocenters. The molecule has 1 saturated carbocycles. The highest BCUT2D eigenvalue weighted by molar-refractivity contribution is 9.10. The third kappa shape index (κ3) is 4.89. The number of rotatable bonds is 4. The van der Waals surface area contributed by atoms with Gasteiger partial charge < -0.3 is 5.11 Å². The van der Waals surface area contributed by atoms with E-state index in [0.29, 0.717) is 32.8 Å². The Balaban J connectivity index is 1.16. The van der Waals surface area contributed by atoms with Gasteiger partial charge in [-0.25, -0.2) is 4.90 Å². The zero-order chi connectivity index (χ0) is 37.2. The third-order valence-corrected chi connectivity index (χ3v) is 14.2. The van der Waals surface area contributed by atoms with Crippen LogP contribution in [0.15, 0.2) is 82.9 Å². The number of hydrogen-bond acceptors (Lipinski definition) is 7. The minimum atomic E-state index is -1.36. The first kappa shape index (κ1) is 34.5. The average Bonchev–Trinajstić information content (AvgIpc) is 3.80. The molecule has 13 heteroatoms. The van der Waals surface area contributed by atoms with Crippen LogP contribution in [0.1, 0.15) is 36.8 Å². The minimum Gasteiger partial charge on any atom is -0.508 e. The molecule has 1 N–H and O–H groups in total. The van der Waals surface area contributed by atoms with E-state index in [0.717, 1.165) is 30.6 Å². The normalized spacial score (nSPS) is 26.7. The fraction of sp³-hybridized carbons (Fsp3) is 0.275. The van der Waals surface area contributed by atoms with Gasteiger partial charge >= 0.3 is 0 Å². The van der Waals surface area contributed by atoms with E-state index < -0.39 is 46.8 Å². The molecule has 0 spiro atoms. The van der Waals surface area contributed by atoms with Crippen LogP contribution < -0.4 is 9.80 Å². The van der Waals surface area contributed by atoms with Crippen molar-refractivity contribution in [2.75, 3.05) is 9.80 Å². The summed E-state index contributed by atoms with van der Waals surface area (Å²) < 4.78 is 3.40. The van der Waals surface area contributed by atoms with Gasteiger partial charge in [-0.15, -0.1) is 11.3 Å². The van der Waals surface area contributed by atoms with Crippen molar-refractivity contribution in [2.45, 2.75) is 32.6 Å². The average molecular weight is 831 g/mol. The lowest BCUT2D eigenvalue weighted by Gasteiger charge is -2.49. The van der Waals surface area contributed by atoms with E-state index in [1.807, 2.05) is 31.2 Å². The number of carbonyl (C=O) groups excluding carboxylic acids is 4. The highest BCUT2D eigenvalue weighted by atomic mass is 79.9. The first-order valence-electron chi connectivity index (χ1n) is 17.2. The molecule has 0 unspecified atom stereocenters. The Kier molecular flexibility index (Phi) is 7.88. The predicted molar refractivity (Wildman–Crippen MR) is 208 cm³/mol. The monoisotopic (exact) mass is 828 g/mol. The van der Waals surface area contributed by atoms with Crippen LogP contribution in [0.25, 0.3) is 20.7 Å². The second kappa shape index (κ2) is 12.1. The summed E-state index contributed by atoms with van der Waals surface area (Å²) in [5, 5.41) is 18.1. The number of hydrogen-bond donors (Lipinski definition) is 1. The van der Waals surface area contributed by atoms with Crippen LogP contribution in [-0.2, 0) is 26.2 Å². The molecule has 2 aliphatic heterocycles. The van der Waals surface area contributed by atoms with E-state index in [4.69, 9.17) is 28.3 Å². The van der Waals surface area contributed by atoms with Crippen molar-refractivity contribution in [3.05, 3.63) is 104 Å². The number of aromatic nitrogens is 2. The standard InChI is InChI=1S/C40H31BrCl2N4O5S/c1-18-25-14-21(43)7-13-31(25)53-35(18)29-17-32(45(3)44-29)47-37(50)28-16-26-23(34(40(28,2)39(47)52)27-15-20(42)6-12-30(27)48)10-11-24-33(26)38(51)46(36(24)49)22-8-4-19(41)5-9-22/h4-10,12-15,17,24,26,28,33-34,48H,11,16H2,1-3H3/t24-,26+,28-,33-,34+,40+/m0/s1. The second-order valence-electron chi connectivity index (χ2n) is 14.6. The number of halogens is 3. The molecule has 9 rings (SSSR count). The maximum atomic E-state index is 15.1. The number of aryl methyl sites for hydroxylation is 2. The highest BCUT2D eigenvalue weighted by Gasteiger charge is 2.68. The Bertz CT molecular complexity index is 2490. The first-order chi connectivity index (χ1) is 25.3. The van der Waals surface area contributed by atoms with Gasteiger partial charge in [0.2, 0.25) is 23.6 Å². The lowest BCUT2D eigenvalue weighted by Crippen LogP contribution is -2.49. The van der Waals surface area contributed by atoms with Gasteiger partial charge in [-0.1, -0.05) is 50.8 Å². The number of benzene rings is 3. The van der Waals surface area contributed by atoms with E-state index in [1.54, 1.807) is 72.5 Å². The maximum Gasteiger partial charge on any atom is 0.242 e. The summed E-state index contributed by atoms with van der Waals surface area (Å²) in [7, 11) is 1.70. The van der Waals surface area contributed by atoms with Gasteiger partial charge in [0, 0.05) is 43.8 Å². The maximum absolute atomic E-state index is 15.1. The number of nitrogens with zero attached hydrogens (tertiary/aromatic N) is 4. The molecule has 2 aromatic heterocycles. The lowest BCUT2D eigenvalue weighted by molar-refractivity contribution is -0.131. The van der Waals surface area contributed by atoms with Crippen molar-refractivity contribution < 1.29 is 24.3 Å². The molecule has 3 aromatic carbocycles. The fourth-order valence-corrected chi connectivity index (χ4v) is 11.2. The quantitative estimate of drug-likeness (QED) is 0.143. The summed E-state index contributed by atoms with van der Waals surface area (Å²) in [6.07, 6.45) is 2.41. The number of carbonyl (C=O) groups is 4. The summed E-state index contributed by atoms with van der Waals surface area (Å²) in [5.74, 6) is -4.82. The van der Waals surface area contributed by atoms with Crippen LogP contribution in [0.5, 0.6) is 5.75 Å². The molecule has 9 nitrogen and oxygen atoms in total. The zero-order valence-electron chi connectivity index (χ0n) is 28.6. The number of anilines is 2. The number of allylic oxidation sites excluding steroid dienone is 2. The fourth-order valence-electron chi connectivity index (χ4n) is 9.39. The van der Waals surface area contributed by atoms with Crippen LogP contribution in [0.4, 0.5) is 11.5 Å². The van der Waals surface area contributed by atoms with Gasteiger partial charge in [-0.05, 0) is 104 Å². The minimum absolute atomic E-state index is 0.0739. The van der Waals surface area contributed by atoms with Crippen LogP contribution in [0, 0.1) is 36.0 Å². The highest BCUT2D eigenvalue weighted by Crippen LogP contribution is 2.64.